The lowest BCUT2D eigenvalue weighted by atomic mass is 10.2. The molecule has 3 heterocycles. The summed E-state index contributed by atoms with van der Waals surface area (Å²) >= 11 is 1.57. The molecule has 27 heavy (non-hydrogen) atoms. The van der Waals surface area contributed by atoms with Crippen molar-refractivity contribution in [3.63, 3.8) is 0 Å². The van der Waals surface area contributed by atoms with Crippen molar-refractivity contribution in [1.29, 1.82) is 0 Å². The molecule has 0 bridgehead atoms. The molecule has 0 N–H and O–H groups in total. The number of furan rings is 1. The summed E-state index contributed by atoms with van der Waals surface area (Å²) in [6.07, 6.45) is 5.14. The third kappa shape index (κ3) is 3.93. The van der Waals surface area contributed by atoms with Crippen LogP contribution in [0.25, 0.3) is 11.4 Å². The Hall–Kier alpha value is -2.93. The highest BCUT2D eigenvalue weighted by Crippen LogP contribution is 2.35. The van der Waals surface area contributed by atoms with Crippen LogP contribution in [0.1, 0.15) is 23.5 Å². The van der Waals surface area contributed by atoms with Gasteiger partial charge in [-0.3, -0.25) is 9.55 Å². The van der Waals surface area contributed by atoms with Gasteiger partial charge in [-0.1, -0.05) is 23.9 Å². The van der Waals surface area contributed by atoms with Gasteiger partial charge < -0.3 is 4.42 Å². The van der Waals surface area contributed by atoms with Crippen LogP contribution in [0.15, 0.2) is 76.8 Å². The Morgan fingerprint density at radius 3 is 2.67 bits per heavy atom. The Balaban J connectivity index is 1.67. The molecule has 4 rings (SSSR count). The zero-order valence-electron chi connectivity index (χ0n) is 14.6. The van der Waals surface area contributed by atoms with Crippen LogP contribution in [0, 0.1) is 5.82 Å². The van der Waals surface area contributed by atoms with Crippen LogP contribution in [0.4, 0.5) is 4.39 Å². The number of aromatic nitrogens is 4. The lowest BCUT2D eigenvalue weighted by Crippen LogP contribution is -2.04. The molecule has 0 aliphatic carbocycles. The van der Waals surface area contributed by atoms with Crippen molar-refractivity contribution in [2.24, 2.45) is 0 Å². The average molecular weight is 380 g/mol. The van der Waals surface area contributed by atoms with E-state index in [-0.39, 0.29) is 11.1 Å². The molecular weight excluding hydrogens is 363 g/mol. The van der Waals surface area contributed by atoms with Crippen LogP contribution in [0.2, 0.25) is 0 Å². The van der Waals surface area contributed by atoms with Crippen LogP contribution >= 0.6 is 11.8 Å². The number of pyridine rings is 1. The monoisotopic (exact) mass is 380 g/mol. The number of halogens is 1. The SMILES string of the molecule is CC(Sc1nnc(-c2cccnc2)n1Cc1ccco1)c1ccc(F)cc1. The van der Waals surface area contributed by atoms with Crippen molar-refractivity contribution in [3.8, 4) is 11.4 Å². The van der Waals surface area contributed by atoms with Crippen LogP contribution in [0.5, 0.6) is 0 Å². The first-order chi connectivity index (χ1) is 13.2. The summed E-state index contributed by atoms with van der Waals surface area (Å²) in [5.41, 5.74) is 1.91. The van der Waals surface area contributed by atoms with E-state index in [4.69, 9.17) is 4.42 Å². The highest BCUT2D eigenvalue weighted by molar-refractivity contribution is 7.99. The fourth-order valence-corrected chi connectivity index (χ4v) is 3.72. The molecule has 0 saturated heterocycles. The molecule has 0 fully saturated rings. The van der Waals surface area contributed by atoms with E-state index in [0.717, 1.165) is 27.9 Å². The number of rotatable bonds is 6. The lowest BCUT2D eigenvalue weighted by Gasteiger charge is -2.13. The fraction of sp³-hybridized carbons (Fsp3) is 0.150. The van der Waals surface area contributed by atoms with Gasteiger partial charge in [0, 0.05) is 23.2 Å². The zero-order valence-corrected chi connectivity index (χ0v) is 15.4. The van der Waals surface area contributed by atoms with Gasteiger partial charge in [0.05, 0.1) is 12.8 Å². The standard InChI is InChI=1S/C20H17FN4OS/c1-14(15-6-8-17(21)9-7-15)27-20-24-23-19(16-4-2-10-22-12-16)25(20)13-18-5-3-11-26-18/h2-12,14H,13H2,1H3. The number of hydrogen-bond acceptors (Lipinski definition) is 5. The summed E-state index contributed by atoms with van der Waals surface area (Å²) in [7, 11) is 0. The average Bonchev–Trinajstić information content (AvgIpc) is 3.34. The quantitative estimate of drug-likeness (QED) is 0.442. The lowest BCUT2D eigenvalue weighted by molar-refractivity contribution is 0.485. The summed E-state index contributed by atoms with van der Waals surface area (Å²) in [5, 5.41) is 9.62. The molecule has 5 nitrogen and oxygen atoms in total. The minimum atomic E-state index is -0.240. The van der Waals surface area contributed by atoms with Crippen molar-refractivity contribution >= 4 is 11.8 Å². The minimum Gasteiger partial charge on any atom is -0.467 e. The van der Waals surface area contributed by atoms with Crippen molar-refractivity contribution in [2.75, 3.05) is 0 Å². The molecule has 3 aromatic heterocycles. The Morgan fingerprint density at radius 2 is 1.96 bits per heavy atom. The van der Waals surface area contributed by atoms with E-state index in [1.54, 1.807) is 42.6 Å². The van der Waals surface area contributed by atoms with Crippen LogP contribution in [-0.2, 0) is 6.54 Å². The molecule has 0 aliphatic rings. The highest BCUT2D eigenvalue weighted by Gasteiger charge is 2.19. The molecular formula is C20H17FN4OS. The highest BCUT2D eigenvalue weighted by atomic mass is 32.2. The molecule has 1 atom stereocenters. The maximum atomic E-state index is 13.2. The smallest absolute Gasteiger partial charge is 0.192 e. The maximum Gasteiger partial charge on any atom is 0.192 e. The Labute approximate surface area is 160 Å². The summed E-state index contributed by atoms with van der Waals surface area (Å²) in [6.45, 7) is 2.58. The summed E-state index contributed by atoms with van der Waals surface area (Å²) < 4.78 is 20.7. The van der Waals surface area contributed by atoms with E-state index < -0.39 is 0 Å². The van der Waals surface area contributed by atoms with E-state index in [1.165, 1.54) is 12.1 Å². The van der Waals surface area contributed by atoms with Gasteiger partial charge >= 0.3 is 0 Å². The van der Waals surface area contributed by atoms with Crippen molar-refractivity contribution in [2.45, 2.75) is 23.9 Å². The van der Waals surface area contributed by atoms with E-state index >= 15 is 0 Å². The van der Waals surface area contributed by atoms with Gasteiger partial charge in [-0.15, -0.1) is 10.2 Å². The normalized spacial score (nSPS) is 12.2. The maximum absolute atomic E-state index is 13.2. The number of thioether (sulfide) groups is 1. The number of hydrogen-bond donors (Lipinski definition) is 0. The third-order valence-corrected chi connectivity index (χ3v) is 5.29. The van der Waals surface area contributed by atoms with Gasteiger partial charge in [-0.25, -0.2) is 4.39 Å². The Kier molecular flexibility index (Phi) is 5.02. The predicted molar refractivity (Wildman–Crippen MR) is 102 cm³/mol. The van der Waals surface area contributed by atoms with Crippen LogP contribution in [0.3, 0.4) is 0 Å². The van der Waals surface area contributed by atoms with E-state index in [0.29, 0.717) is 6.54 Å². The fourth-order valence-electron chi connectivity index (χ4n) is 2.75. The van der Waals surface area contributed by atoms with Crippen molar-refractivity contribution in [1.82, 2.24) is 19.7 Å². The van der Waals surface area contributed by atoms with Gasteiger partial charge in [0.25, 0.3) is 0 Å². The Morgan fingerprint density at radius 1 is 1.11 bits per heavy atom. The molecule has 0 amide bonds. The largest absolute Gasteiger partial charge is 0.467 e. The second-order valence-electron chi connectivity index (χ2n) is 6.03. The van der Waals surface area contributed by atoms with E-state index in [1.807, 2.05) is 28.8 Å². The topological polar surface area (TPSA) is 56.7 Å². The van der Waals surface area contributed by atoms with Crippen molar-refractivity contribution in [3.05, 3.63) is 84.3 Å². The first-order valence-electron chi connectivity index (χ1n) is 8.49. The van der Waals surface area contributed by atoms with Gasteiger partial charge in [-0.05, 0) is 48.9 Å². The molecule has 4 aromatic rings. The molecule has 0 radical (unpaired) electrons. The van der Waals surface area contributed by atoms with Crippen LogP contribution < -0.4 is 0 Å². The Bertz CT molecular complexity index is 1000. The van der Waals surface area contributed by atoms with Crippen LogP contribution in [-0.4, -0.2) is 19.7 Å². The molecule has 1 unspecified atom stereocenters. The number of nitrogens with zero attached hydrogens (tertiary/aromatic N) is 4. The van der Waals surface area contributed by atoms with Gasteiger partial charge in [0.2, 0.25) is 0 Å². The predicted octanol–water partition coefficient (Wildman–Crippen LogP) is 4.97. The van der Waals surface area contributed by atoms with E-state index in [2.05, 4.69) is 22.1 Å². The summed E-state index contributed by atoms with van der Waals surface area (Å²) in [6, 6.07) is 14.1. The van der Waals surface area contributed by atoms with Gasteiger partial charge in [0.1, 0.15) is 11.6 Å². The summed E-state index contributed by atoms with van der Waals surface area (Å²) in [5.74, 6) is 1.31. The third-order valence-electron chi connectivity index (χ3n) is 4.15. The first-order valence-corrected chi connectivity index (χ1v) is 9.37. The van der Waals surface area contributed by atoms with Gasteiger partial charge in [-0.2, -0.15) is 0 Å². The molecule has 7 heteroatoms. The van der Waals surface area contributed by atoms with Gasteiger partial charge in [0.15, 0.2) is 11.0 Å². The van der Waals surface area contributed by atoms with Crippen molar-refractivity contribution < 1.29 is 8.81 Å². The second-order valence-corrected chi connectivity index (χ2v) is 7.33. The number of benzene rings is 1. The molecule has 1 aromatic carbocycles. The molecule has 0 aliphatic heterocycles. The summed E-state index contributed by atoms with van der Waals surface area (Å²) in [4.78, 5) is 4.18. The molecule has 0 saturated carbocycles. The molecule has 0 spiro atoms. The first kappa shape index (κ1) is 17.5. The zero-order chi connectivity index (χ0) is 18.6. The molecule has 136 valence electrons. The minimum absolute atomic E-state index is 0.0897. The van der Waals surface area contributed by atoms with E-state index in [9.17, 15) is 4.39 Å². The second kappa shape index (κ2) is 7.75.